The van der Waals surface area contributed by atoms with E-state index in [2.05, 4.69) is 65.6 Å². The van der Waals surface area contributed by atoms with E-state index in [0.29, 0.717) is 18.7 Å². The van der Waals surface area contributed by atoms with Crippen molar-refractivity contribution >= 4 is 5.91 Å². The van der Waals surface area contributed by atoms with Crippen LogP contribution in [0.1, 0.15) is 59.9 Å². The van der Waals surface area contributed by atoms with Gasteiger partial charge in [-0.05, 0) is 90.7 Å². The number of amides is 1. The van der Waals surface area contributed by atoms with E-state index in [4.69, 9.17) is 0 Å². The smallest absolute Gasteiger partial charge is 0.237 e. The number of hydrogen-bond donors (Lipinski definition) is 0. The molecule has 8 rings (SSSR count). The van der Waals surface area contributed by atoms with Gasteiger partial charge in [-0.3, -0.25) is 9.69 Å². The van der Waals surface area contributed by atoms with Crippen LogP contribution in [-0.2, 0) is 29.7 Å². The Morgan fingerprint density at radius 3 is 2.46 bits per heavy atom. The lowest BCUT2D eigenvalue weighted by Gasteiger charge is -2.48. The number of hydrogen-bond acceptors (Lipinski definition) is 2. The molecular weight excluding hydrogens is 507 g/mol. The summed E-state index contributed by atoms with van der Waals surface area (Å²) in [6.45, 7) is 1.51. The molecule has 0 saturated heterocycles. The van der Waals surface area contributed by atoms with Crippen molar-refractivity contribution in [3.8, 4) is 0 Å². The standard InChI is InChI=1S/C37H37FN2O/c38-35-12-6-3-9-29(35)23-40(30-15-16-31-27(21-30)13-14-28-22-32(28)31)36(41)24-39-20-18-26-8-2-5-11-34(26)37(39)19-17-25-7-1-4-10-33(25)37/h1-14,28,30,32H,15-24H2. The molecule has 41 heavy (non-hydrogen) atoms. The molecule has 208 valence electrons. The Kier molecular flexibility index (Phi) is 6.03. The zero-order chi connectivity index (χ0) is 27.6. The van der Waals surface area contributed by atoms with Gasteiger partial charge in [0, 0.05) is 24.7 Å². The van der Waals surface area contributed by atoms with Gasteiger partial charge in [0.25, 0.3) is 0 Å². The topological polar surface area (TPSA) is 23.6 Å². The lowest BCUT2D eigenvalue weighted by atomic mass is 9.76. The molecule has 5 aliphatic rings. The van der Waals surface area contributed by atoms with E-state index in [1.807, 2.05) is 17.0 Å². The van der Waals surface area contributed by atoms with Gasteiger partial charge in [-0.25, -0.2) is 4.39 Å². The fraction of sp³-hybridized carbons (Fsp3) is 0.378. The van der Waals surface area contributed by atoms with Crippen molar-refractivity contribution in [1.82, 2.24) is 9.80 Å². The largest absolute Gasteiger partial charge is 0.334 e. The summed E-state index contributed by atoms with van der Waals surface area (Å²) in [5.41, 5.74) is 8.85. The fourth-order valence-corrected chi connectivity index (χ4v) is 8.56. The number of fused-ring (bicyclic) bond motifs is 6. The minimum Gasteiger partial charge on any atom is -0.334 e. The van der Waals surface area contributed by atoms with E-state index in [-0.39, 0.29) is 23.3 Å². The van der Waals surface area contributed by atoms with Crippen molar-refractivity contribution in [2.24, 2.45) is 11.8 Å². The molecule has 1 amide bonds. The van der Waals surface area contributed by atoms with Crippen molar-refractivity contribution in [3.05, 3.63) is 130 Å². The second-order valence-electron chi connectivity index (χ2n) is 12.8. The molecule has 1 heterocycles. The molecule has 3 aromatic carbocycles. The summed E-state index contributed by atoms with van der Waals surface area (Å²) in [6, 6.07) is 24.7. The minimum absolute atomic E-state index is 0.0877. The summed E-state index contributed by atoms with van der Waals surface area (Å²) in [5.74, 6) is 1.37. The Labute approximate surface area is 242 Å². The quantitative estimate of drug-likeness (QED) is 0.347. The van der Waals surface area contributed by atoms with Gasteiger partial charge < -0.3 is 4.90 Å². The van der Waals surface area contributed by atoms with Crippen molar-refractivity contribution in [2.45, 2.75) is 63.1 Å². The van der Waals surface area contributed by atoms with Crippen LogP contribution in [0, 0.1) is 17.7 Å². The SMILES string of the molecule is O=C(CN1CCc2ccccc2C12CCc1ccccc12)N(Cc1ccccc1F)C1CCC2=C(C=CC3CC23)C1. The van der Waals surface area contributed by atoms with Crippen LogP contribution in [0.15, 0.2) is 96.1 Å². The molecule has 4 heteroatoms. The third-order valence-electron chi connectivity index (χ3n) is 10.7. The first-order chi connectivity index (χ1) is 20.1. The van der Waals surface area contributed by atoms with Crippen LogP contribution in [0.3, 0.4) is 0 Å². The van der Waals surface area contributed by atoms with Crippen LogP contribution < -0.4 is 0 Å². The normalized spacial score (nSPS) is 27.7. The summed E-state index contributed by atoms with van der Waals surface area (Å²) in [6.07, 6.45) is 11.8. The Morgan fingerprint density at radius 1 is 0.927 bits per heavy atom. The Bertz CT molecular complexity index is 1590. The van der Waals surface area contributed by atoms with Gasteiger partial charge in [0.05, 0.1) is 12.1 Å². The van der Waals surface area contributed by atoms with Crippen LogP contribution in [0.4, 0.5) is 4.39 Å². The van der Waals surface area contributed by atoms with Crippen molar-refractivity contribution in [1.29, 1.82) is 0 Å². The van der Waals surface area contributed by atoms with Gasteiger partial charge in [-0.2, -0.15) is 0 Å². The van der Waals surface area contributed by atoms with Crippen LogP contribution in [0.25, 0.3) is 0 Å². The molecule has 0 aromatic heterocycles. The molecule has 4 atom stereocenters. The monoisotopic (exact) mass is 544 g/mol. The maximum atomic E-state index is 15.0. The first kappa shape index (κ1) is 25.2. The van der Waals surface area contributed by atoms with Gasteiger partial charge in [0.1, 0.15) is 5.82 Å². The zero-order valence-corrected chi connectivity index (χ0v) is 23.6. The summed E-state index contributed by atoms with van der Waals surface area (Å²) < 4.78 is 15.0. The number of carbonyl (C=O) groups is 1. The third kappa shape index (κ3) is 4.14. The Hall–Kier alpha value is -3.50. The lowest BCUT2D eigenvalue weighted by molar-refractivity contribution is -0.137. The Balaban J connectivity index is 1.14. The van der Waals surface area contributed by atoms with E-state index >= 15 is 0 Å². The van der Waals surface area contributed by atoms with Gasteiger partial charge in [0.2, 0.25) is 5.91 Å². The van der Waals surface area contributed by atoms with Crippen molar-refractivity contribution < 1.29 is 9.18 Å². The zero-order valence-electron chi connectivity index (χ0n) is 23.6. The molecule has 0 radical (unpaired) electrons. The van der Waals surface area contributed by atoms with Crippen molar-refractivity contribution in [2.75, 3.05) is 13.1 Å². The van der Waals surface area contributed by atoms with E-state index in [1.54, 1.807) is 11.6 Å². The molecule has 1 aliphatic heterocycles. The molecule has 4 aliphatic carbocycles. The first-order valence-corrected chi connectivity index (χ1v) is 15.5. The van der Waals surface area contributed by atoms with Crippen LogP contribution in [-0.4, -0.2) is 34.8 Å². The highest BCUT2D eigenvalue weighted by Crippen LogP contribution is 2.53. The van der Waals surface area contributed by atoms with Crippen LogP contribution in [0.2, 0.25) is 0 Å². The summed E-state index contributed by atoms with van der Waals surface area (Å²) in [7, 11) is 0. The van der Waals surface area contributed by atoms with E-state index in [0.717, 1.165) is 56.9 Å². The maximum Gasteiger partial charge on any atom is 0.237 e. The van der Waals surface area contributed by atoms with Crippen molar-refractivity contribution in [3.63, 3.8) is 0 Å². The summed E-state index contributed by atoms with van der Waals surface area (Å²) >= 11 is 0. The molecular formula is C37H37FN2O. The molecule has 3 nitrogen and oxygen atoms in total. The second kappa shape index (κ2) is 9.80. The molecule has 0 bridgehead atoms. The predicted molar refractivity (Wildman–Crippen MR) is 160 cm³/mol. The minimum atomic E-state index is -0.292. The average Bonchev–Trinajstić information content (AvgIpc) is 3.72. The number of aryl methyl sites for hydroxylation is 1. The highest BCUT2D eigenvalue weighted by molar-refractivity contribution is 5.79. The number of rotatable bonds is 5. The van der Waals surface area contributed by atoms with E-state index in [1.165, 1.54) is 40.3 Å². The van der Waals surface area contributed by atoms with Crippen LogP contribution in [0.5, 0.6) is 0 Å². The number of halogens is 1. The number of benzene rings is 3. The predicted octanol–water partition coefficient (Wildman–Crippen LogP) is 6.96. The Morgan fingerprint density at radius 2 is 1.66 bits per heavy atom. The van der Waals surface area contributed by atoms with Gasteiger partial charge in [-0.1, -0.05) is 84.5 Å². The van der Waals surface area contributed by atoms with Crippen LogP contribution >= 0.6 is 0 Å². The van der Waals surface area contributed by atoms with Gasteiger partial charge >= 0.3 is 0 Å². The second-order valence-corrected chi connectivity index (χ2v) is 12.8. The third-order valence-corrected chi connectivity index (χ3v) is 10.7. The molecule has 1 saturated carbocycles. The number of carbonyl (C=O) groups excluding carboxylic acids is 1. The average molecular weight is 545 g/mol. The number of nitrogens with zero attached hydrogens (tertiary/aromatic N) is 2. The van der Waals surface area contributed by atoms with Gasteiger partial charge in [0.15, 0.2) is 0 Å². The van der Waals surface area contributed by atoms with E-state index in [9.17, 15) is 9.18 Å². The maximum absolute atomic E-state index is 15.0. The summed E-state index contributed by atoms with van der Waals surface area (Å²) in [4.78, 5) is 19.0. The first-order valence-electron chi connectivity index (χ1n) is 15.5. The molecule has 4 unspecified atom stereocenters. The lowest BCUT2D eigenvalue weighted by Crippen LogP contribution is -2.55. The van der Waals surface area contributed by atoms with Gasteiger partial charge in [-0.15, -0.1) is 0 Å². The highest BCUT2D eigenvalue weighted by Gasteiger charge is 2.49. The molecule has 3 aromatic rings. The highest BCUT2D eigenvalue weighted by atomic mass is 19.1. The number of allylic oxidation sites excluding steroid dienone is 3. The summed E-state index contributed by atoms with van der Waals surface area (Å²) in [5, 5.41) is 0. The molecule has 1 fully saturated rings. The van der Waals surface area contributed by atoms with E-state index < -0.39 is 0 Å². The fourth-order valence-electron chi connectivity index (χ4n) is 8.56. The molecule has 1 spiro atoms. The molecule has 0 N–H and O–H groups in total.